The molecule has 5 rings (SSSR count). The van der Waals surface area contributed by atoms with Crippen molar-refractivity contribution in [2.75, 3.05) is 18.5 Å². The van der Waals surface area contributed by atoms with Crippen LogP contribution in [-0.4, -0.2) is 33.6 Å². The molecule has 6 nitrogen and oxygen atoms in total. The number of carbonyl (C=O) groups excluding carboxylic acids is 1. The summed E-state index contributed by atoms with van der Waals surface area (Å²) in [6, 6.07) is 22.3. The molecule has 0 unspecified atom stereocenters. The zero-order valence-corrected chi connectivity index (χ0v) is 19.6. The highest BCUT2D eigenvalue weighted by molar-refractivity contribution is 9.10. The summed E-state index contributed by atoms with van der Waals surface area (Å²) in [6.07, 6.45) is 3.30. The Bertz CT molecular complexity index is 1360. The highest BCUT2D eigenvalue weighted by Crippen LogP contribution is 2.22. The fourth-order valence-corrected chi connectivity index (χ4v) is 4.49. The quantitative estimate of drug-likeness (QED) is 0.409. The number of amides is 1. The molecule has 1 fully saturated rings. The molecule has 166 valence electrons. The van der Waals surface area contributed by atoms with Crippen LogP contribution in [0.1, 0.15) is 29.6 Å². The smallest absolute Gasteiger partial charge is 0.280 e. The third kappa shape index (κ3) is 4.41. The van der Waals surface area contributed by atoms with Gasteiger partial charge in [0.25, 0.3) is 11.5 Å². The second kappa shape index (κ2) is 9.19. The number of rotatable bonds is 4. The van der Waals surface area contributed by atoms with E-state index in [2.05, 4.69) is 21.4 Å². The molecule has 1 aromatic heterocycles. The van der Waals surface area contributed by atoms with Gasteiger partial charge in [0, 0.05) is 28.7 Å². The number of hydrogen-bond donors (Lipinski definition) is 1. The van der Waals surface area contributed by atoms with Gasteiger partial charge in [-0.15, -0.1) is 0 Å². The predicted octanol–water partition coefficient (Wildman–Crippen LogP) is 5.33. The number of halogens is 1. The van der Waals surface area contributed by atoms with Crippen LogP contribution >= 0.6 is 15.9 Å². The molecule has 1 aliphatic heterocycles. The standard InChI is InChI=1S/C26H23BrN4O2/c27-20-11-14-22-23(17-20)28-24(18-7-3-1-4-8-18)31(26(22)33)29-21-12-9-19(10-13-21)25(32)30-15-5-2-6-16-30/h1,3-4,7-14,17,29H,2,5-6,15-16H2. The van der Waals surface area contributed by atoms with Crippen LogP contribution in [0.5, 0.6) is 0 Å². The van der Waals surface area contributed by atoms with Crippen molar-refractivity contribution in [2.45, 2.75) is 19.3 Å². The number of piperidine rings is 1. The lowest BCUT2D eigenvalue weighted by Crippen LogP contribution is -2.35. The van der Waals surface area contributed by atoms with Crippen LogP contribution in [0.15, 0.2) is 82.1 Å². The van der Waals surface area contributed by atoms with E-state index in [1.807, 2.05) is 59.5 Å². The van der Waals surface area contributed by atoms with Gasteiger partial charge in [-0.25, -0.2) is 9.66 Å². The normalized spacial score (nSPS) is 13.8. The second-order valence-corrected chi connectivity index (χ2v) is 9.06. The van der Waals surface area contributed by atoms with Crippen molar-refractivity contribution in [3.05, 3.63) is 93.2 Å². The molecule has 0 atom stereocenters. The average molecular weight is 503 g/mol. The van der Waals surface area contributed by atoms with Crippen LogP contribution in [0.25, 0.3) is 22.3 Å². The van der Waals surface area contributed by atoms with Crippen molar-refractivity contribution in [2.24, 2.45) is 0 Å². The van der Waals surface area contributed by atoms with Crippen molar-refractivity contribution in [1.82, 2.24) is 14.6 Å². The summed E-state index contributed by atoms with van der Waals surface area (Å²) in [6.45, 7) is 1.63. The molecule has 1 saturated heterocycles. The van der Waals surface area contributed by atoms with E-state index in [4.69, 9.17) is 4.98 Å². The van der Waals surface area contributed by atoms with Gasteiger partial charge in [0.05, 0.1) is 16.6 Å². The molecule has 0 spiro atoms. The number of carbonyl (C=O) groups is 1. The number of nitrogens with one attached hydrogen (secondary N) is 1. The SMILES string of the molecule is O=C(c1ccc(Nn2c(-c3ccccc3)nc3cc(Br)ccc3c2=O)cc1)N1CCCCC1. The summed E-state index contributed by atoms with van der Waals surface area (Å²) in [5, 5.41) is 0.516. The highest BCUT2D eigenvalue weighted by atomic mass is 79.9. The van der Waals surface area contributed by atoms with Crippen LogP contribution in [-0.2, 0) is 0 Å². The summed E-state index contributed by atoms with van der Waals surface area (Å²) in [7, 11) is 0. The molecule has 7 heteroatoms. The third-order valence-electron chi connectivity index (χ3n) is 5.88. The molecule has 4 aromatic rings. The Balaban J connectivity index is 1.52. The number of likely N-dealkylation sites (tertiary alicyclic amines) is 1. The Morgan fingerprint density at radius 1 is 0.909 bits per heavy atom. The number of nitrogens with zero attached hydrogens (tertiary/aromatic N) is 3. The number of aromatic nitrogens is 2. The van der Waals surface area contributed by atoms with Gasteiger partial charge < -0.3 is 4.90 Å². The Hall–Kier alpha value is -3.45. The van der Waals surface area contributed by atoms with Crippen molar-refractivity contribution < 1.29 is 4.79 Å². The number of benzene rings is 3. The molecular weight excluding hydrogens is 480 g/mol. The first-order chi connectivity index (χ1) is 16.1. The van der Waals surface area contributed by atoms with E-state index in [1.54, 1.807) is 18.2 Å². The molecule has 0 bridgehead atoms. The monoisotopic (exact) mass is 502 g/mol. The number of anilines is 1. The van der Waals surface area contributed by atoms with E-state index in [0.29, 0.717) is 28.0 Å². The summed E-state index contributed by atoms with van der Waals surface area (Å²) in [4.78, 5) is 32.9. The van der Waals surface area contributed by atoms with Gasteiger partial charge in [-0.05, 0) is 61.7 Å². The fraction of sp³-hybridized carbons (Fsp3) is 0.192. The predicted molar refractivity (Wildman–Crippen MR) is 134 cm³/mol. The summed E-state index contributed by atoms with van der Waals surface area (Å²) >= 11 is 3.46. The van der Waals surface area contributed by atoms with Gasteiger partial charge >= 0.3 is 0 Å². The topological polar surface area (TPSA) is 67.2 Å². The molecule has 0 saturated carbocycles. The Labute approximate surface area is 200 Å². The lowest BCUT2D eigenvalue weighted by atomic mass is 10.1. The Morgan fingerprint density at radius 3 is 2.36 bits per heavy atom. The average Bonchev–Trinajstić information content (AvgIpc) is 2.86. The molecular formula is C26H23BrN4O2. The number of hydrogen-bond acceptors (Lipinski definition) is 4. The first-order valence-corrected chi connectivity index (χ1v) is 11.8. The minimum absolute atomic E-state index is 0.0568. The van der Waals surface area contributed by atoms with Crippen LogP contribution in [0.4, 0.5) is 5.69 Å². The Morgan fingerprint density at radius 2 is 1.64 bits per heavy atom. The van der Waals surface area contributed by atoms with Gasteiger partial charge in [0.15, 0.2) is 5.82 Å². The van der Waals surface area contributed by atoms with Gasteiger partial charge in [-0.2, -0.15) is 0 Å². The van der Waals surface area contributed by atoms with E-state index in [-0.39, 0.29) is 11.5 Å². The van der Waals surface area contributed by atoms with Gasteiger partial charge in [0.2, 0.25) is 0 Å². The van der Waals surface area contributed by atoms with Crippen molar-refractivity contribution in [3.63, 3.8) is 0 Å². The summed E-state index contributed by atoms with van der Waals surface area (Å²) in [5.74, 6) is 0.570. The highest BCUT2D eigenvalue weighted by Gasteiger charge is 2.18. The third-order valence-corrected chi connectivity index (χ3v) is 6.37. The molecule has 33 heavy (non-hydrogen) atoms. The Kier molecular flexibility index (Phi) is 5.96. The van der Waals surface area contributed by atoms with Crippen molar-refractivity contribution in [3.8, 4) is 11.4 Å². The van der Waals surface area contributed by atoms with Crippen LogP contribution in [0.3, 0.4) is 0 Å². The maximum atomic E-state index is 13.4. The second-order valence-electron chi connectivity index (χ2n) is 8.15. The molecule has 0 radical (unpaired) electrons. The molecule has 2 heterocycles. The van der Waals surface area contributed by atoms with Gasteiger partial charge in [-0.1, -0.05) is 46.3 Å². The minimum atomic E-state index is -0.195. The lowest BCUT2D eigenvalue weighted by molar-refractivity contribution is 0.0724. The molecule has 3 aromatic carbocycles. The zero-order chi connectivity index (χ0) is 22.8. The molecule has 1 N–H and O–H groups in total. The van der Waals surface area contributed by atoms with Crippen LogP contribution in [0, 0.1) is 0 Å². The number of fused-ring (bicyclic) bond motifs is 1. The van der Waals surface area contributed by atoms with E-state index in [1.165, 1.54) is 11.1 Å². The van der Waals surface area contributed by atoms with Crippen molar-refractivity contribution >= 4 is 38.4 Å². The fourth-order valence-electron chi connectivity index (χ4n) is 4.14. The van der Waals surface area contributed by atoms with Gasteiger partial charge in [0.1, 0.15) is 0 Å². The molecule has 1 amide bonds. The maximum Gasteiger partial charge on any atom is 0.280 e. The minimum Gasteiger partial charge on any atom is -0.339 e. The van der Waals surface area contributed by atoms with E-state index in [0.717, 1.165) is 36.0 Å². The first-order valence-electron chi connectivity index (χ1n) is 11.0. The van der Waals surface area contributed by atoms with E-state index < -0.39 is 0 Å². The molecule has 0 aliphatic carbocycles. The molecule has 1 aliphatic rings. The van der Waals surface area contributed by atoms with Crippen LogP contribution < -0.4 is 11.0 Å². The maximum absolute atomic E-state index is 13.4. The van der Waals surface area contributed by atoms with Crippen molar-refractivity contribution in [1.29, 1.82) is 0 Å². The zero-order valence-electron chi connectivity index (χ0n) is 18.0. The summed E-state index contributed by atoms with van der Waals surface area (Å²) < 4.78 is 2.33. The largest absolute Gasteiger partial charge is 0.339 e. The summed E-state index contributed by atoms with van der Waals surface area (Å²) in [5.41, 5.74) is 5.79. The van der Waals surface area contributed by atoms with Gasteiger partial charge in [-0.3, -0.25) is 15.0 Å². The van der Waals surface area contributed by atoms with E-state index >= 15 is 0 Å². The van der Waals surface area contributed by atoms with E-state index in [9.17, 15) is 9.59 Å². The van der Waals surface area contributed by atoms with Crippen LogP contribution in [0.2, 0.25) is 0 Å². The first kappa shape index (κ1) is 21.4. The lowest BCUT2D eigenvalue weighted by Gasteiger charge is -2.26.